The largest absolute Gasteiger partial charge is 0.493 e. The van der Waals surface area contributed by atoms with E-state index in [1.807, 2.05) is 47.4 Å². The molecule has 1 amide bonds. The van der Waals surface area contributed by atoms with Crippen molar-refractivity contribution in [1.82, 2.24) is 9.88 Å². The summed E-state index contributed by atoms with van der Waals surface area (Å²) in [4.78, 5) is 18.8. The van der Waals surface area contributed by atoms with Gasteiger partial charge in [-0.05, 0) is 53.9 Å². The average Bonchev–Trinajstić information content (AvgIpc) is 2.75. The van der Waals surface area contributed by atoms with Gasteiger partial charge < -0.3 is 19.1 Å². The monoisotopic (exact) mass is 378 g/mol. The Morgan fingerprint density at radius 2 is 1.86 bits per heavy atom. The Hall–Kier alpha value is -3.28. The van der Waals surface area contributed by atoms with Gasteiger partial charge in [0.05, 0.1) is 19.7 Å². The summed E-state index contributed by atoms with van der Waals surface area (Å²) in [5.74, 6) is 2.02. The van der Waals surface area contributed by atoms with Gasteiger partial charge >= 0.3 is 0 Å². The molecule has 0 spiro atoms. The smallest absolute Gasteiger partial charge is 0.260 e. The molecular formula is C22H22N2O4. The van der Waals surface area contributed by atoms with Gasteiger partial charge in [-0.25, -0.2) is 0 Å². The van der Waals surface area contributed by atoms with Crippen molar-refractivity contribution >= 4 is 16.8 Å². The second-order valence-electron chi connectivity index (χ2n) is 6.69. The van der Waals surface area contributed by atoms with Crippen LogP contribution in [0.1, 0.15) is 11.1 Å². The molecule has 6 heteroatoms. The van der Waals surface area contributed by atoms with E-state index in [9.17, 15) is 4.79 Å². The number of carbonyl (C=O) groups excluding carboxylic acids is 1. The quantitative estimate of drug-likeness (QED) is 0.682. The zero-order valence-electron chi connectivity index (χ0n) is 16.0. The number of amides is 1. The van der Waals surface area contributed by atoms with E-state index >= 15 is 0 Å². The van der Waals surface area contributed by atoms with Gasteiger partial charge in [0.1, 0.15) is 5.75 Å². The summed E-state index contributed by atoms with van der Waals surface area (Å²) in [6.07, 6.45) is 2.54. The highest BCUT2D eigenvalue weighted by atomic mass is 16.5. The predicted molar refractivity (Wildman–Crippen MR) is 106 cm³/mol. The third-order valence-corrected chi connectivity index (χ3v) is 5.01. The molecule has 0 bridgehead atoms. The Balaban J connectivity index is 1.43. The molecule has 0 unspecified atom stereocenters. The Bertz CT molecular complexity index is 1020. The summed E-state index contributed by atoms with van der Waals surface area (Å²) >= 11 is 0. The summed E-state index contributed by atoms with van der Waals surface area (Å²) in [6.45, 7) is 1.21. The van der Waals surface area contributed by atoms with Crippen LogP contribution in [-0.4, -0.2) is 43.2 Å². The van der Waals surface area contributed by atoms with Crippen molar-refractivity contribution in [3.63, 3.8) is 0 Å². The Labute approximate surface area is 163 Å². The molecule has 0 saturated heterocycles. The summed E-state index contributed by atoms with van der Waals surface area (Å²) in [6, 6.07) is 13.4. The first kappa shape index (κ1) is 18.1. The molecule has 0 aliphatic carbocycles. The van der Waals surface area contributed by atoms with Gasteiger partial charge in [-0.1, -0.05) is 6.07 Å². The SMILES string of the molecule is COc1cc2c(cc1OC)CN(C(=O)COc1ccc3ncccc3c1)CC2. The Morgan fingerprint density at radius 3 is 2.64 bits per heavy atom. The first-order valence-electron chi connectivity index (χ1n) is 9.17. The topological polar surface area (TPSA) is 60.9 Å². The minimum absolute atomic E-state index is 0.00833. The molecule has 0 radical (unpaired) electrons. The van der Waals surface area contributed by atoms with Crippen molar-refractivity contribution in [3.05, 3.63) is 59.8 Å². The van der Waals surface area contributed by atoms with Gasteiger partial charge in [0, 0.05) is 24.7 Å². The standard InChI is InChI=1S/C22H22N2O4/c1-26-20-11-15-7-9-24(13-17(15)12-21(20)27-2)22(25)14-28-18-5-6-19-16(10-18)4-3-8-23-19/h3-6,8,10-12H,7,9,13-14H2,1-2H3. The van der Waals surface area contributed by atoms with Crippen molar-refractivity contribution in [2.45, 2.75) is 13.0 Å². The lowest BCUT2D eigenvalue weighted by Crippen LogP contribution is -2.38. The maximum Gasteiger partial charge on any atom is 0.260 e. The van der Waals surface area contributed by atoms with Crippen LogP contribution in [0.25, 0.3) is 10.9 Å². The first-order valence-corrected chi connectivity index (χ1v) is 9.17. The van der Waals surface area contributed by atoms with Crippen LogP contribution in [-0.2, 0) is 17.8 Å². The molecule has 2 aromatic carbocycles. The molecule has 1 aromatic heterocycles. The van der Waals surface area contributed by atoms with Crippen molar-refractivity contribution in [2.24, 2.45) is 0 Å². The van der Waals surface area contributed by atoms with Crippen molar-refractivity contribution in [2.75, 3.05) is 27.4 Å². The van der Waals surface area contributed by atoms with Gasteiger partial charge in [0.25, 0.3) is 5.91 Å². The van der Waals surface area contributed by atoms with Crippen LogP contribution < -0.4 is 14.2 Å². The molecular weight excluding hydrogens is 356 g/mol. The summed E-state index contributed by atoms with van der Waals surface area (Å²) < 4.78 is 16.5. The predicted octanol–water partition coefficient (Wildman–Crippen LogP) is 3.22. The fourth-order valence-corrected chi connectivity index (χ4v) is 3.48. The van der Waals surface area contributed by atoms with Gasteiger partial charge in [-0.3, -0.25) is 9.78 Å². The average molecular weight is 378 g/mol. The molecule has 0 atom stereocenters. The van der Waals surface area contributed by atoms with Crippen molar-refractivity contribution < 1.29 is 19.0 Å². The highest BCUT2D eigenvalue weighted by Crippen LogP contribution is 2.33. The summed E-state index contributed by atoms with van der Waals surface area (Å²) in [5, 5.41) is 0.986. The first-order chi connectivity index (χ1) is 13.7. The highest BCUT2D eigenvalue weighted by molar-refractivity contribution is 5.81. The van der Waals surface area contributed by atoms with E-state index in [1.54, 1.807) is 20.4 Å². The minimum atomic E-state index is -0.0354. The van der Waals surface area contributed by atoms with Crippen molar-refractivity contribution in [3.8, 4) is 17.2 Å². The molecule has 4 rings (SSSR count). The molecule has 144 valence electrons. The van der Waals surface area contributed by atoms with Crippen molar-refractivity contribution in [1.29, 1.82) is 0 Å². The van der Waals surface area contributed by atoms with Gasteiger partial charge in [-0.15, -0.1) is 0 Å². The Kier molecular flexibility index (Phi) is 5.02. The van der Waals surface area contributed by atoms with E-state index in [2.05, 4.69) is 4.98 Å². The van der Waals surface area contributed by atoms with Crippen LogP contribution in [0.4, 0.5) is 0 Å². The normalized spacial score (nSPS) is 13.1. The van der Waals surface area contributed by atoms with Gasteiger partial charge in [0.15, 0.2) is 18.1 Å². The third-order valence-electron chi connectivity index (χ3n) is 5.01. The summed E-state index contributed by atoms with van der Waals surface area (Å²) in [7, 11) is 3.24. The number of aromatic nitrogens is 1. The van der Waals surface area contributed by atoms with Crippen LogP contribution in [0, 0.1) is 0 Å². The van der Waals surface area contributed by atoms with E-state index < -0.39 is 0 Å². The highest BCUT2D eigenvalue weighted by Gasteiger charge is 2.23. The zero-order chi connectivity index (χ0) is 19.5. The van der Waals surface area contributed by atoms with Crippen LogP contribution in [0.2, 0.25) is 0 Å². The lowest BCUT2D eigenvalue weighted by atomic mass is 9.99. The molecule has 0 fully saturated rings. The number of hydrogen-bond donors (Lipinski definition) is 0. The summed E-state index contributed by atoms with van der Waals surface area (Å²) in [5.41, 5.74) is 3.16. The maximum absolute atomic E-state index is 12.7. The van der Waals surface area contributed by atoms with Gasteiger partial charge in [0.2, 0.25) is 0 Å². The number of hydrogen-bond acceptors (Lipinski definition) is 5. The number of benzene rings is 2. The lowest BCUT2D eigenvalue weighted by molar-refractivity contribution is -0.134. The number of methoxy groups -OCH3 is 2. The van der Waals surface area contributed by atoms with Gasteiger partial charge in [-0.2, -0.15) is 0 Å². The fourth-order valence-electron chi connectivity index (χ4n) is 3.48. The minimum Gasteiger partial charge on any atom is -0.493 e. The van der Waals surface area contributed by atoms with E-state index in [4.69, 9.17) is 14.2 Å². The number of pyridine rings is 1. The van der Waals surface area contributed by atoms with E-state index in [1.165, 1.54) is 5.56 Å². The molecule has 1 aliphatic rings. The number of nitrogens with zero attached hydrogens (tertiary/aromatic N) is 2. The fraction of sp³-hybridized carbons (Fsp3) is 0.273. The van der Waals surface area contributed by atoms with E-state index in [-0.39, 0.29) is 12.5 Å². The van der Waals surface area contributed by atoms with E-state index in [0.29, 0.717) is 24.6 Å². The van der Waals surface area contributed by atoms with E-state index in [0.717, 1.165) is 28.6 Å². The molecule has 0 N–H and O–H groups in total. The van der Waals surface area contributed by atoms with Crippen LogP contribution in [0.5, 0.6) is 17.2 Å². The Morgan fingerprint density at radius 1 is 1.07 bits per heavy atom. The number of fused-ring (bicyclic) bond motifs is 2. The molecule has 6 nitrogen and oxygen atoms in total. The van der Waals surface area contributed by atoms with Crippen LogP contribution in [0.3, 0.4) is 0 Å². The second kappa shape index (κ2) is 7.76. The molecule has 0 saturated carbocycles. The molecule has 1 aliphatic heterocycles. The molecule has 28 heavy (non-hydrogen) atoms. The second-order valence-corrected chi connectivity index (χ2v) is 6.69. The molecule has 2 heterocycles. The number of ether oxygens (including phenoxy) is 3. The lowest BCUT2D eigenvalue weighted by Gasteiger charge is -2.29. The molecule has 3 aromatic rings. The number of rotatable bonds is 5. The maximum atomic E-state index is 12.7. The van der Waals surface area contributed by atoms with Crippen LogP contribution >= 0.6 is 0 Å². The van der Waals surface area contributed by atoms with Crippen LogP contribution in [0.15, 0.2) is 48.7 Å². The number of carbonyl (C=O) groups is 1. The zero-order valence-corrected chi connectivity index (χ0v) is 16.0. The third kappa shape index (κ3) is 3.58.